The van der Waals surface area contributed by atoms with Gasteiger partial charge in [-0.3, -0.25) is 4.79 Å². The van der Waals surface area contributed by atoms with Gasteiger partial charge in [0.05, 0.1) is 6.42 Å². The number of amides is 2. The molecule has 2 amide bonds. The Labute approximate surface area is 106 Å². The van der Waals surface area contributed by atoms with Gasteiger partial charge in [0, 0.05) is 11.7 Å². The number of anilines is 1. The zero-order valence-electron chi connectivity index (χ0n) is 10.6. The summed E-state index contributed by atoms with van der Waals surface area (Å²) in [6.45, 7) is 3.80. The van der Waals surface area contributed by atoms with Crippen molar-refractivity contribution in [2.24, 2.45) is 0 Å². The SMILES string of the molecule is CCC(CC(=O)O)NC(=O)Nc1ccc(C)cc1. The third-order valence-electron chi connectivity index (χ3n) is 2.56. The fourth-order valence-corrected chi connectivity index (χ4v) is 1.50. The first-order chi connectivity index (χ1) is 8.51. The fraction of sp³-hybridized carbons (Fsp3) is 0.385. The summed E-state index contributed by atoms with van der Waals surface area (Å²) in [4.78, 5) is 22.2. The molecule has 0 radical (unpaired) electrons. The third kappa shape index (κ3) is 4.86. The molecule has 0 bridgehead atoms. The molecule has 1 unspecified atom stereocenters. The van der Waals surface area contributed by atoms with Crippen LogP contribution in [-0.2, 0) is 4.79 Å². The predicted octanol–water partition coefficient (Wildman–Crippen LogP) is 2.37. The molecule has 0 aliphatic heterocycles. The van der Waals surface area contributed by atoms with Gasteiger partial charge in [-0.25, -0.2) is 4.79 Å². The summed E-state index contributed by atoms with van der Waals surface area (Å²) in [5.41, 5.74) is 1.79. The normalized spacial score (nSPS) is 11.7. The molecule has 5 heteroatoms. The van der Waals surface area contributed by atoms with Gasteiger partial charge in [-0.05, 0) is 25.5 Å². The van der Waals surface area contributed by atoms with Crippen LogP contribution in [0.25, 0.3) is 0 Å². The van der Waals surface area contributed by atoms with Crippen molar-refractivity contribution < 1.29 is 14.7 Å². The van der Waals surface area contributed by atoms with Gasteiger partial charge in [0.2, 0.25) is 0 Å². The minimum Gasteiger partial charge on any atom is -0.481 e. The van der Waals surface area contributed by atoms with Gasteiger partial charge in [-0.1, -0.05) is 24.6 Å². The zero-order chi connectivity index (χ0) is 13.5. The van der Waals surface area contributed by atoms with E-state index < -0.39 is 5.97 Å². The lowest BCUT2D eigenvalue weighted by Crippen LogP contribution is -2.38. The molecule has 0 saturated heterocycles. The number of aryl methyl sites for hydroxylation is 1. The maximum atomic E-state index is 11.6. The summed E-state index contributed by atoms with van der Waals surface area (Å²) >= 11 is 0. The second-order valence-electron chi connectivity index (χ2n) is 4.17. The second kappa shape index (κ2) is 6.64. The maximum Gasteiger partial charge on any atom is 0.319 e. The molecule has 0 saturated carbocycles. The Hall–Kier alpha value is -2.04. The molecule has 0 spiro atoms. The lowest BCUT2D eigenvalue weighted by Gasteiger charge is -2.15. The van der Waals surface area contributed by atoms with E-state index >= 15 is 0 Å². The summed E-state index contributed by atoms with van der Waals surface area (Å²) < 4.78 is 0. The Kier molecular flexibility index (Phi) is 5.17. The van der Waals surface area contributed by atoms with Crippen LogP contribution in [-0.4, -0.2) is 23.1 Å². The van der Waals surface area contributed by atoms with E-state index in [1.165, 1.54) is 0 Å². The molecule has 0 aliphatic rings. The number of carbonyl (C=O) groups excluding carboxylic acids is 1. The van der Waals surface area contributed by atoms with Gasteiger partial charge in [0.25, 0.3) is 0 Å². The van der Waals surface area contributed by atoms with E-state index in [-0.39, 0.29) is 18.5 Å². The Balaban J connectivity index is 2.49. The molecule has 0 heterocycles. The number of carbonyl (C=O) groups is 2. The number of carboxylic acids is 1. The first-order valence-electron chi connectivity index (χ1n) is 5.87. The zero-order valence-corrected chi connectivity index (χ0v) is 10.6. The first-order valence-corrected chi connectivity index (χ1v) is 5.87. The summed E-state index contributed by atoms with van der Waals surface area (Å²) in [6, 6.07) is 6.65. The van der Waals surface area contributed by atoms with Crippen molar-refractivity contribution in [2.75, 3.05) is 5.32 Å². The topological polar surface area (TPSA) is 78.4 Å². The molecule has 1 rings (SSSR count). The maximum absolute atomic E-state index is 11.6. The van der Waals surface area contributed by atoms with Crippen LogP contribution >= 0.6 is 0 Å². The number of hydrogen-bond acceptors (Lipinski definition) is 2. The molecular formula is C13H18N2O3. The molecule has 0 fully saturated rings. The van der Waals surface area contributed by atoms with Crippen LogP contribution in [0.4, 0.5) is 10.5 Å². The highest BCUT2D eigenvalue weighted by Gasteiger charge is 2.13. The first kappa shape index (κ1) is 14.0. The van der Waals surface area contributed by atoms with Crippen LogP contribution in [0.2, 0.25) is 0 Å². The van der Waals surface area contributed by atoms with E-state index in [0.29, 0.717) is 12.1 Å². The van der Waals surface area contributed by atoms with Crippen molar-refractivity contribution in [3.8, 4) is 0 Å². The quantitative estimate of drug-likeness (QED) is 0.750. The molecule has 1 aromatic rings. The van der Waals surface area contributed by atoms with Crippen LogP contribution < -0.4 is 10.6 Å². The lowest BCUT2D eigenvalue weighted by atomic mass is 10.1. The highest BCUT2D eigenvalue weighted by Crippen LogP contribution is 2.08. The molecular weight excluding hydrogens is 232 g/mol. The number of hydrogen-bond donors (Lipinski definition) is 3. The lowest BCUT2D eigenvalue weighted by molar-refractivity contribution is -0.137. The summed E-state index contributed by atoms with van der Waals surface area (Å²) in [7, 11) is 0. The number of nitrogens with one attached hydrogen (secondary N) is 2. The Morgan fingerprint density at radius 3 is 2.39 bits per heavy atom. The Morgan fingerprint density at radius 2 is 1.89 bits per heavy atom. The van der Waals surface area contributed by atoms with Gasteiger partial charge in [0.1, 0.15) is 0 Å². The van der Waals surface area contributed by atoms with E-state index in [0.717, 1.165) is 5.56 Å². The number of urea groups is 1. The summed E-state index contributed by atoms with van der Waals surface area (Å²) in [5, 5.41) is 14.0. The van der Waals surface area contributed by atoms with Crippen LogP contribution in [0.15, 0.2) is 24.3 Å². The molecule has 0 aromatic heterocycles. The van der Waals surface area contributed by atoms with Crippen molar-refractivity contribution in [3.63, 3.8) is 0 Å². The van der Waals surface area contributed by atoms with Gasteiger partial charge >= 0.3 is 12.0 Å². The number of rotatable bonds is 5. The van der Waals surface area contributed by atoms with E-state index in [9.17, 15) is 9.59 Å². The average molecular weight is 250 g/mol. The van der Waals surface area contributed by atoms with E-state index in [1.807, 2.05) is 26.0 Å². The molecule has 1 aromatic carbocycles. The van der Waals surface area contributed by atoms with Gasteiger partial charge in [-0.15, -0.1) is 0 Å². The standard InChI is InChI=1S/C13H18N2O3/c1-3-10(8-12(16)17)14-13(18)15-11-6-4-9(2)5-7-11/h4-7,10H,3,8H2,1-2H3,(H,16,17)(H2,14,15,18). The number of aliphatic carboxylic acids is 1. The smallest absolute Gasteiger partial charge is 0.319 e. The van der Waals surface area contributed by atoms with Crippen LogP contribution in [0, 0.1) is 6.92 Å². The fourth-order valence-electron chi connectivity index (χ4n) is 1.50. The largest absolute Gasteiger partial charge is 0.481 e. The Bertz CT molecular complexity index is 415. The van der Waals surface area contributed by atoms with Gasteiger partial charge in [0.15, 0.2) is 0 Å². The second-order valence-corrected chi connectivity index (χ2v) is 4.17. The van der Waals surface area contributed by atoms with Crippen molar-refractivity contribution >= 4 is 17.7 Å². The van der Waals surface area contributed by atoms with Crippen molar-refractivity contribution in [2.45, 2.75) is 32.7 Å². The van der Waals surface area contributed by atoms with Gasteiger partial charge < -0.3 is 15.7 Å². The van der Waals surface area contributed by atoms with Crippen molar-refractivity contribution in [3.05, 3.63) is 29.8 Å². The number of benzene rings is 1. The Morgan fingerprint density at radius 1 is 1.28 bits per heavy atom. The average Bonchev–Trinajstić information content (AvgIpc) is 2.30. The van der Waals surface area contributed by atoms with E-state index in [2.05, 4.69) is 10.6 Å². The van der Waals surface area contributed by atoms with Crippen molar-refractivity contribution in [1.29, 1.82) is 0 Å². The monoisotopic (exact) mass is 250 g/mol. The minimum absolute atomic E-state index is 0.0716. The van der Waals surface area contributed by atoms with Crippen LogP contribution in [0.5, 0.6) is 0 Å². The molecule has 98 valence electrons. The third-order valence-corrected chi connectivity index (χ3v) is 2.56. The molecule has 0 aliphatic carbocycles. The van der Waals surface area contributed by atoms with Gasteiger partial charge in [-0.2, -0.15) is 0 Å². The highest BCUT2D eigenvalue weighted by molar-refractivity contribution is 5.89. The molecule has 18 heavy (non-hydrogen) atoms. The molecule has 1 atom stereocenters. The van der Waals surface area contributed by atoms with Crippen LogP contribution in [0.3, 0.4) is 0 Å². The van der Waals surface area contributed by atoms with E-state index in [1.54, 1.807) is 12.1 Å². The van der Waals surface area contributed by atoms with Crippen molar-refractivity contribution in [1.82, 2.24) is 5.32 Å². The number of carboxylic acid groups (broad SMARTS) is 1. The summed E-state index contributed by atoms with van der Waals surface area (Å²) in [6.07, 6.45) is 0.505. The summed E-state index contributed by atoms with van der Waals surface area (Å²) in [5.74, 6) is -0.919. The van der Waals surface area contributed by atoms with E-state index in [4.69, 9.17) is 5.11 Å². The predicted molar refractivity (Wildman–Crippen MR) is 69.7 cm³/mol. The molecule has 3 N–H and O–H groups in total. The minimum atomic E-state index is -0.919. The molecule has 5 nitrogen and oxygen atoms in total. The highest BCUT2D eigenvalue weighted by atomic mass is 16.4. The van der Waals surface area contributed by atoms with Crippen LogP contribution in [0.1, 0.15) is 25.3 Å².